The molecule has 0 amide bonds. The van der Waals surface area contributed by atoms with Crippen molar-refractivity contribution in [2.45, 2.75) is 13.5 Å². The van der Waals surface area contributed by atoms with Crippen LogP contribution in [0, 0.1) is 6.92 Å². The molecule has 0 bridgehead atoms. The molecule has 0 saturated carbocycles. The summed E-state index contributed by atoms with van der Waals surface area (Å²) >= 11 is 0. The van der Waals surface area contributed by atoms with Crippen molar-refractivity contribution < 1.29 is 0 Å². The minimum atomic E-state index is -0.0681. The molecular formula is C25H19N3O. The number of aromatic nitrogens is 3. The van der Waals surface area contributed by atoms with Gasteiger partial charge in [0.1, 0.15) is 5.82 Å². The van der Waals surface area contributed by atoms with Gasteiger partial charge in [0, 0.05) is 10.9 Å². The zero-order valence-corrected chi connectivity index (χ0v) is 16.0. The van der Waals surface area contributed by atoms with Gasteiger partial charge in [-0.05, 0) is 18.6 Å². The Morgan fingerprint density at radius 3 is 2.21 bits per heavy atom. The number of nitrogens with zero attached hydrogens (tertiary/aromatic N) is 3. The molecular weight excluding hydrogens is 358 g/mol. The number of fused-ring (bicyclic) bond motifs is 3. The molecule has 2 heterocycles. The van der Waals surface area contributed by atoms with Crippen LogP contribution in [0.1, 0.15) is 11.4 Å². The summed E-state index contributed by atoms with van der Waals surface area (Å²) in [5.74, 6) is 0.654. The fourth-order valence-electron chi connectivity index (χ4n) is 3.85. The van der Waals surface area contributed by atoms with Crippen LogP contribution in [-0.2, 0) is 6.54 Å². The van der Waals surface area contributed by atoms with Crippen molar-refractivity contribution in [2.24, 2.45) is 0 Å². The van der Waals surface area contributed by atoms with E-state index in [1.54, 1.807) is 0 Å². The van der Waals surface area contributed by atoms with Gasteiger partial charge in [-0.2, -0.15) is 0 Å². The number of para-hydroxylation sites is 1. The van der Waals surface area contributed by atoms with E-state index in [0.29, 0.717) is 29.0 Å². The lowest BCUT2D eigenvalue weighted by molar-refractivity contribution is 0.801. The third kappa shape index (κ3) is 2.99. The maximum Gasteiger partial charge on any atom is 0.263 e. The molecule has 0 fully saturated rings. The van der Waals surface area contributed by atoms with Crippen molar-refractivity contribution in [2.75, 3.05) is 0 Å². The molecule has 0 saturated heterocycles. The molecule has 140 valence electrons. The molecule has 5 rings (SSSR count). The number of hydrogen-bond donors (Lipinski definition) is 0. The summed E-state index contributed by atoms with van der Waals surface area (Å²) in [7, 11) is 0. The second kappa shape index (κ2) is 6.99. The lowest BCUT2D eigenvalue weighted by atomic mass is 10.0. The Morgan fingerprint density at radius 2 is 1.45 bits per heavy atom. The molecule has 0 N–H and O–H groups in total. The molecule has 4 nitrogen and oxygen atoms in total. The van der Waals surface area contributed by atoms with Gasteiger partial charge in [0.05, 0.1) is 28.7 Å². The van der Waals surface area contributed by atoms with Crippen molar-refractivity contribution in [3.63, 3.8) is 0 Å². The summed E-state index contributed by atoms with van der Waals surface area (Å²) in [4.78, 5) is 23.1. The molecule has 2 aromatic heterocycles. The van der Waals surface area contributed by atoms with Crippen molar-refractivity contribution >= 4 is 21.8 Å². The summed E-state index contributed by atoms with van der Waals surface area (Å²) in [6.45, 7) is 2.37. The van der Waals surface area contributed by atoms with Gasteiger partial charge < -0.3 is 4.57 Å². The molecule has 0 radical (unpaired) electrons. The van der Waals surface area contributed by atoms with Crippen LogP contribution in [0.3, 0.4) is 0 Å². The minimum absolute atomic E-state index is 0.0681. The second-order valence-electron chi connectivity index (χ2n) is 7.10. The number of hydrogen-bond acceptors (Lipinski definition) is 3. The van der Waals surface area contributed by atoms with Gasteiger partial charge in [-0.1, -0.05) is 78.9 Å². The Bertz CT molecular complexity index is 1390. The van der Waals surface area contributed by atoms with E-state index in [1.165, 1.54) is 0 Å². The Kier molecular flexibility index (Phi) is 4.17. The highest BCUT2D eigenvalue weighted by atomic mass is 16.1. The Labute approximate surface area is 168 Å². The van der Waals surface area contributed by atoms with Crippen molar-refractivity contribution in [3.05, 3.63) is 107 Å². The van der Waals surface area contributed by atoms with Crippen molar-refractivity contribution in [1.82, 2.24) is 14.5 Å². The fraction of sp³-hybridized carbons (Fsp3) is 0.0800. The Hall–Kier alpha value is -3.79. The third-order valence-electron chi connectivity index (χ3n) is 5.16. The van der Waals surface area contributed by atoms with E-state index in [4.69, 9.17) is 0 Å². The smallest absolute Gasteiger partial charge is 0.263 e. The van der Waals surface area contributed by atoms with Gasteiger partial charge >= 0.3 is 0 Å². The highest BCUT2D eigenvalue weighted by Gasteiger charge is 2.18. The number of aryl methyl sites for hydroxylation is 1. The quantitative estimate of drug-likeness (QED) is 0.417. The third-order valence-corrected chi connectivity index (χ3v) is 5.16. The molecule has 29 heavy (non-hydrogen) atoms. The number of pyridine rings is 1. The van der Waals surface area contributed by atoms with Crippen molar-refractivity contribution in [3.8, 4) is 11.3 Å². The van der Waals surface area contributed by atoms with Crippen molar-refractivity contribution in [1.29, 1.82) is 0 Å². The molecule has 3 aromatic carbocycles. The van der Waals surface area contributed by atoms with Gasteiger partial charge in [0.15, 0.2) is 0 Å². The predicted octanol–water partition coefficient (Wildman–Crippen LogP) is 4.97. The highest BCUT2D eigenvalue weighted by molar-refractivity contribution is 6.07. The average Bonchev–Trinajstić information content (AvgIpc) is 2.77. The van der Waals surface area contributed by atoms with E-state index in [0.717, 1.165) is 22.0 Å². The largest absolute Gasteiger partial charge is 0.303 e. The first-order valence-corrected chi connectivity index (χ1v) is 9.61. The highest BCUT2D eigenvalue weighted by Crippen LogP contribution is 2.28. The van der Waals surface area contributed by atoms with Crippen LogP contribution in [0.25, 0.3) is 33.1 Å². The van der Waals surface area contributed by atoms with Gasteiger partial charge in [-0.15, -0.1) is 0 Å². The van der Waals surface area contributed by atoms with Crippen LogP contribution in [0.4, 0.5) is 0 Å². The van der Waals surface area contributed by atoms with Crippen LogP contribution in [0.5, 0.6) is 0 Å². The van der Waals surface area contributed by atoms with E-state index < -0.39 is 0 Å². The first-order valence-electron chi connectivity index (χ1n) is 9.61. The molecule has 5 aromatic rings. The van der Waals surface area contributed by atoms with E-state index in [9.17, 15) is 4.79 Å². The first kappa shape index (κ1) is 17.3. The number of rotatable bonds is 3. The molecule has 0 atom stereocenters. The monoisotopic (exact) mass is 377 g/mol. The molecule has 0 aliphatic rings. The van der Waals surface area contributed by atoms with Crippen LogP contribution in [0.15, 0.2) is 89.7 Å². The summed E-state index contributed by atoms with van der Waals surface area (Å²) in [5, 5.41) is 1.53. The molecule has 0 spiro atoms. The minimum Gasteiger partial charge on any atom is -0.303 e. The standard InChI is InChI=1S/C25H19N3O/c1-17-26-23(19-12-6-3-7-13-19)22-24(27-17)20-14-8-9-15-21(20)28(25(22)29)16-18-10-4-2-5-11-18/h2-15H,16H2,1H3. The summed E-state index contributed by atoms with van der Waals surface area (Å²) < 4.78 is 1.83. The lowest BCUT2D eigenvalue weighted by Gasteiger charge is -2.15. The predicted molar refractivity (Wildman–Crippen MR) is 117 cm³/mol. The van der Waals surface area contributed by atoms with Crippen LogP contribution >= 0.6 is 0 Å². The summed E-state index contributed by atoms with van der Waals surface area (Å²) in [5.41, 5.74) is 4.20. The molecule has 0 unspecified atom stereocenters. The second-order valence-corrected chi connectivity index (χ2v) is 7.10. The van der Waals surface area contributed by atoms with E-state index in [-0.39, 0.29) is 5.56 Å². The van der Waals surface area contributed by atoms with Gasteiger partial charge in [-0.25, -0.2) is 9.97 Å². The van der Waals surface area contributed by atoms with Crippen LogP contribution in [0.2, 0.25) is 0 Å². The zero-order valence-electron chi connectivity index (χ0n) is 16.0. The SMILES string of the molecule is Cc1nc(-c2ccccc2)c2c(=O)n(Cc3ccccc3)c3ccccc3c2n1. The Morgan fingerprint density at radius 1 is 0.793 bits per heavy atom. The van der Waals surface area contributed by atoms with Gasteiger partial charge in [0.25, 0.3) is 5.56 Å². The Balaban J connectivity index is 1.91. The lowest BCUT2D eigenvalue weighted by Crippen LogP contribution is -2.23. The fourth-order valence-corrected chi connectivity index (χ4v) is 3.85. The van der Waals surface area contributed by atoms with E-state index in [1.807, 2.05) is 96.4 Å². The van der Waals surface area contributed by atoms with E-state index in [2.05, 4.69) is 9.97 Å². The van der Waals surface area contributed by atoms with E-state index >= 15 is 0 Å². The molecule has 0 aliphatic heterocycles. The average molecular weight is 377 g/mol. The zero-order chi connectivity index (χ0) is 19.8. The molecule has 4 heteroatoms. The summed E-state index contributed by atoms with van der Waals surface area (Å²) in [6.07, 6.45) is 0. The maximum atomic E-state index is 13.7. The molecule has 0 aliphatic carbocycles. The van der Waals surface area contributed by atoms with Gasteiger partial charge in [-0.3, -0.25) is 4.79 Å². The van der Waals surface area contributed by atoms with Gasteiger partial charge in [0.2, 0.25) is 0 Å². The first-order chi connectivity index (χ1) is 14.2. The number of benzene rings is 3. The van der Waals surface area contributed by atoms with Crippen LogP contribution in [-0.4, -0.2) is 14.5 Å². The maximum absolute atomic E-state index is 13.7. The normalized spacial score (nSPS) is 11.2. The topological polar surface area (TPSA) is 47.8 Å². The summed E-state index contributed by atoms with van der Waals surface area (Å²) in [6, 6.07) is 27.8. The van der Waals surface area contributed by atoms with Crippen LogP contribution < -0.4 is 5.56 Å².